The summed E-state index contributed by atoms with van der Waals surface area (Å²) in [4.78, 5) is 17.3. The van der Waals surface area contributed by atoms with Gasteiger partial charge in [-0.2, -0.15) is 0 Å². The number of hydrogen-bond acceptors (Lipinski definition) is 4. The van der Waals surface area contributed by atoms with Crippen molar-refractivity contribution in [2.45, 2.75) is 25.4 Å². The normalized spacial score (nSPS) is 15.1. The molecule has 0 bridgehead atoms. The Balaban J connectivity index is 1.47. The molecule has 0 aliphatic carbocycles. The molecule has 0 N–H and O–H groups in total. The Morgan fingerprint density at radius 3 is 2.57 bits per heavy atom. The van der Waals surface area contributed by atoms with Crippen LogP contribution in [0.1, 0.15) is 29.0 Å². The minimum absolute atomic E-state index is 0.0228. The van der Waals surface area contributed by atoms with E-state index in [0.717, 1.165) is 38.2 Å². The number of nitrogens with zero attached hydrogens (tertiary/aromatic N) is 2. The van der Waals surface area contributed by atoms with Crippen molar-refractivity contribution in [1.82, 2.24) is 4.90 Å². The van der Waals surface area contributed by atoms with Gasteiger partial charge in [0.25, 0.3) is 5.91 Å². The lowest BCUT2D eigenvalue weighted by Crippen LogP contribution is -2.47. The SMILES string of the molecule is COc1cccc(CN2CCC(N(C(=O)c3ccco3)c3ccc(F)cc3)CC2)c1. The minimum atomic E-state index is -0.322. The number of amides is 1. The molecule has 0 unspecified atom stereocenters. The van der Waals surface area contributed by atoms with Crippen molar-refractivity contribution in [1.29, 1.82) is 0 Å². The fourth-order valence-corrected chi connectivity index (χ4v) is 3.98. The predicted octanol–water partition coefficient (Wildman–Crippen LogP) is 4.74. The quantitative estimate of drug-likeness (QED) is 0.591. The van der Waals surface area contributed by atoms with E-state index in [2.05, 4.69) is 17.0 Å². The van der Waals surface area contributed by atoms with E-state index in [1.54, 1.807) is 36.3 Å². The van der Waals surface area contributed by atoms with Gasteiger partial charge < -0.3 is 14.1 Å². The molecule has 2 heterocycles. The molecule has 1 aromatic heterocycles. The number of furan rings is 1. The van der Waals surface area contributed by atoms with E-state index < -0.39 is 0 Å². The molecule has 1 saturated heterocycles. The lowest BCUT2D eigenvalue weighted by Gasteiger charge is -2.38. The first-order valence-corrected chi connectivity index (χ1v) is 10.1. The molecule has 0 saturated carbocycles. The molecule has 2 aromatic carbocycles. The Hall–Kier alpha value is -3.12. The molecule has 1 fully saturated rings. The molecule has 4 rings (SSSR count). The second-order valence-corrected chi connectivity index (χ2v) is 7.49. The van der Waals surface area contributed by atoms with Crippen molar-refractivity contribution in [2.24, 2.45) is 0 Å². The number of piperidine rings is 1. The van der Waals surface area contributed by atoms with Gasteiger partial charge in [0.1, 0.15) is 11.6 Å². The number of anilines is 1. The molecule has 30 heavy (non-hydrogen) atoms. The highest BCUT2D eigenvalue weighted by molar-refractivity contribution is 6.04. The third-order valence-corrected chi connectivity index (χ3v) is 5.52. The summed E-state index contributed by atoms with van der Waals surface area (Å²) in [5.74, 6) is 0.627. The average Bonchev–Trinajstić information content (AvgIpc) is 3.31. The summed E-state index contributed by atoms with van der Waals surface area (Å²) in [6.07, 6.45) is 3.15. The number of carbonyl (C=O) groups is 1. The number of halogens is 1. The lowest BCUT2D eigenvalue weighted by atomic mass is 10.0. The van der Waals surface area contributed by atoms with Crippen molar-refractivity contribution in [3.05, 3.63) is 84.1 Å². The smallest absolute Gasteiger partial charge is 0.294 e. The number of hydrogen-bond donors (Lipinski definition) is 0. The van der Waals surface area contributed by atoms with Crippen LogP contribution in [0.3, 0.4) is 0 Å². The zero-order valence-electron chi connectivity index (χ0n) is 17.0. The number of rotatable bonds is 6. The minimum Gasteiger partial charge on any atom is -0.497 e. The van der Waals surface area contributed by atoms with Gasteiger partial charge in [0.15, 0.2) is 5.76 Å². The highest BCUT2D eigenvalue weighted by Crippen LogP contribution is 2.27. The van der Waals surface area contributed by atoms with Crippen LogP contribution < -0.4 is 9.64 Å². The molecule has 0 spiro atoms. The van der Waals surface area contributed by atoms with Gasteiger partial charge in [-0.1, -0.05) is 12.1 Å². The maximum Gasteiger partial charge on any atom is 0.294 e. The van der Waals surface area contributed by atoms with Crippen LogP contribution in [0.25, 0.3) is 0 Å². The molecule has 1 aliphatic heterocycles. The summed E-state index contributed by atoms with van der Waals surface area (Å²) >= 11 is 0. The van der Waals surface area contributed by atoms with Crippen molar-refractivity contribution < 1.29 is 18.3 Å². The van der Waals surface area contributed by atoms with Gasteiger partial charge in [-0.25, -0.2) is 4.39 Å². The Bertz CT molecular complexity index is 964. The fraction of sp³-hybridized carbons (Fsp3) is 0.292. The topological polar surface area (TPSA) is 45.9 Å². The molecule has 0 atom stereocenters. The van der Waals surface area contributed by atoms with Crippen LogP contribution in [0, 0.1) is 5.82 Å². The maximum absolute atomic E-state index is 13.4. The van der Waals surface area contributed by atoms with Crippen LogP contribution >= 0.6 is 0 Å². The van der Waals surface area contributed by atoms with Gasteiger partial charge >= 0.3 is 0 Å². The van der Waals surface area contributed by atoms with E-state index in [0.29, 0.717) is 5.69 Å². The number of likely N-dealkylation sites (tertiary alicyclic amines) is 1. The van der Waals surface area contributed by atoms with Crippen LogP contribution in [0.4, 0.5) is 10.1 Å². The van der Waals surface area contributed by atoms with Crippen LogP contribution in [0.15, 0.2) is 71.3 Å². The van der Waals surface area contributed by atoms with Gasteiger partial charge in [-0.05, 0) is 66.9 Å². The summed E-state index contributed by atoms with van der Waals surface area (Å²) < 4.78 is 24.1. The second-order valence-electron chi connectivity index (χ2n) is 7.49. The van der Waals surface area contributed by atoms with E-state index in [4.69, 9.17) is 9.15 Å². The summed E-state index contributed by atoms with van der Waals surface area (Å²) in [5.41, 5.74) is 1.89. The second kappa shape index (κ2) is 9.13. The molecule has 1 aliphatic rings. The Morgan fingerprint density at radius 1 is 1.13 bits per heavy atom. The van der Waals surface area contributed by atoms with Gasteiger partial charge in [-0.3, -0.25) is 9.69 Å². The third-order valence-electron chi connectivity index (χ3n) is 5.52. The first-order valence-electron chi connectivity index (χ1n) is 10.1. The zero-order chi connectivity index (χ0) is 20.9. The molecule has 5 nitrogen and oxygen atoms in total. The maximum atomic E-state index is 13.4. The van der Waals surface area contributed by atoms with Gasteiger partial charge in [0.05, 0.1) is 13.4 Å². The largest absolute Gasteiger partial charge is 0.497 e. The van der Waals surface area contributed by atoms with Gasteiger partial charge in [0, 0.05) is 31.4 Å². The molecular formula is C24H25FN2O3. The molecule has 0 radical (unpaired) electrons. The summed E-state index contributed by atoms with van der Waals surface area (Å²) in [7, 11) is 1.67. The summed E-state index contributed by atoms with van der Waals surface area (Å²) in [6, 6.07) is 17.6. The fourth-order valence-electron chi connectivity index (χ4n) is 3.98. The number of carbonyl (C=O) groups excluding carboxylic acids is 1. The molecule has 3 aromatic rings. The van der Waals surface area contributed by atoms with Crippen molar-refractivity contribution >= 4 is 11.6 Å². The lowest BCUT2D eigenvalue weighted by molar-refractivity contribution is 0.0931. The van der Waals surface area contributed by atoms with E-state index >= 15 is 0 Å². The first kappa shape index (κ1) is 20.2. The summed E-state index contributed by atoms with van der Waals surface area (Å²) in [5, 5.41) is 0. The van der Waals surface area contributed by atoms with Crippen LogP contribution in [-0.2, 0) is 6.54 Å². The number of methoxy groups -OCH3 is 1. The zero-order valence-corrected chi connectivity index (χ0v) is 17.0. The van der Waals surface area contributed by atoms with Crippen molar-refractivity contribution in [2.75, 3.05) is 25.1 Å². The Kier molecular flexibility index (Phi) is 6.14. The molecule has 6 heteroatoms. The molecule has 1 amide bonds. The Morgan fingerprint density at radius 2 is 1.90 bits per heavy atom. The van der Waals surface area contributed by atoms with Crippen molar-refractivity contribution in [3.8, 4) is 5.75 Å². The van der Waals surface area contributed by atoms with Crippen LogP contribution in [0.2, 0.25) is 0 Å². The third kappa shape index (κ3) is 4.54. The highest BCUT2D eigenvalue weighted by atomic mass is 19.1. The van der Waals surface area contributed by atoms with E-state index in [9.17, 15) is 9.18 Å². The number of ether oxygens (including phenoxy) is 1. The van der Waals surface area contributed by atoms with Crippen molar-refractivity contribution in [3.63, 3.8) is 0 Å². The van der Waals surface area contributed by atoms with E-state index in [1.807, 2.05) is 12.1 Å². The standard InChI is InChI=1S/C24H25FN2O3/c1-29-22-5-2-4-18(16-22)17-26-13-11-21(12-14-26)27(20-9-7-19(25)8-10-20)24(28)23-6-3-15-30-23/h2-10,15-16,21H,11-14,17H2,1H3. The number of benzene rings is 2. The average molecular weight is 408 g/mol. The Labute approximate surface area is 175 Å². The molecule has 156 valence electrons. The predicted molar refractivity (Wildman–Crippen MR) is 113 cm³/mol. The van der Waals surface area contributed by atoms with E-state index in [1.165, 1.54) is 24.0 Å². The van der Waals surface area contributed by atoms with E-state index in [-0.39, 0.29) is 23.5 Å². The van der Waals surface area contributed by atoms with Gasteiger partial charge in [0.2, 0.25) is 0 Å². The van der Waals surface area contributed by atoms with Gasteiger partial charge in [-0.15, -0.1) is 0 Å². The summed E-state index contributed by atoms with van der Waals surface area (Å²) in [6.45, 7) is 2.57. The van der Waals surface area contributed by atoms with Crippen LogP contribution in [0.5, 0.6) is 5.75 Å². The first-order chi connectivity index (χ1) is 14.6. The highest BCUT2D eigenvalue weighted by Gasteiger charge is 2.31. The van der Waals surface area contributed by atoms with Crippen LogP contribution in [-0.4, -0.2) is 37.0 Å². The molecular weight excluding hydrogens is 383 g/mol. The monoisotopic (exact) mass is 408 g/mol.